The first-order valence-corrected chi connectivity index (χ1v) is 10.2. The molecule has 0 atom stereocenters. The number of nitrogens with zero attached hydrogens (tertiary/aromatic N) is 1. The smallest absolute Gasteiger partial charge is 0.255 e. The summed E-state index contributed by atoms with van der Waals surface area (Å²) in [5.41, 5.74) is 3.15. The SMILES string of the molecule is O=C(Nc1ccccc1S(=O)(=O)N1CCCC1)c1ccc2c(c1)CNC2. The number of carbonyl (C=O) groups excluding carboxylic acids is 1. The van der Waals surface area contributed by atoms with Crippen LogP contribution in [-0.4, -0.2) is 31.7 Å². The number of sulfonamides is 1. The number of amides is 1. The Morgan fingerprint density at radius 2 is 1.73 bits per heavy atom. The number of anilines is 1. The van der Waals surface area contributed by atoms with E-state index in [4.69, 9.17) is 0 Å². The minimum absolute atomic E-state index is 0.151. The molecule has 1 amide bonds. The van der Waals surface area contributed by atoms with Crippen molar-refractivity contribution in [2.45, 2.75) is 30.8 Å². The molecule has 2 N–H and O–H groups in total. The monoisotopic (exact) mass is 371 g/mol. The van der Waals surface area contributed by atoms with Gasteiger partial charge in [-0.05, 0) is 48.2 Å². The molecule has 0 spiro atoms. The zero-order chi connectivity index (χ0) is 18.1. The maximum atomic E-state index is 12.9. The van der Waals surface area contributed by atoms with Crippen molar-refractivity contribution >= 4 is 21.6 Å². The van der Waals surface area contributed by atoms with E-state index in [0.29, 0.717) is 24.3 Å². The van der Waals surface area contributed by atoms with E-state index in [-0.39, 0.29) is 10.8 Å². The van der Waals surface area contributed by atoms with Gasteiger partial charge in [0.05, 0.1) is 5.69 Å². The molecule has 2 heterocycles. The zero-order valence-corrected chi connectivity index (χ0v) is 15.2. The molecule has 2 aromatic rings. The molecule has 2 aliphatic heterocycles. The molecule has 0 radical (unpaired) electrons. The summed E-state index contributed by atoms with van der Waals surface area (Å²) in [4.78, 5) is 12.8. The average Bonchev–Trinajstić information content (AvgIpc) is 3.33. The average molecular weight is 371 g/mol. The Kier molecular flexibility index (Phi) is 4.52. The fourth-order valence-corrected chi connectivity index (χ4v) is 5.16. The van der Waals surface area contributed by atoms with Gasteiger partial charge in [0.1, 0.15) is 4.90 Å². The molecule has 0 saturated carbocycles. The third-order valence-electron chi connectivity index (χ3n) is 4.92. The predicted molar refractivity (Wildman–Crippen MR) is 99.4 cm³/mol. The molecular weight excluding hydrogens is 350 g/mol. The van der Waals surface area contributed by atoms with E-state index in [2.05, 4.69) is 10.6 Å². The second kappa shape index (κ2) is 6.83. The number of rotatable bonds is 4. The molecule has 0 aromatic heterocycles. The Morgan fingerprint density at radius 1 is 1.00 bits per heavy atom. The Morgan fingerprint density at radius 3 is 2.54 bits per heavy atom. The molecule has 4 rings (SSSR count). The van der Waals surface area contributed by atoms with Gasteiger partial charge in [-0.2, -0.15) is 4.31 Å². The lowest BCUT2D eigenvalue weighted by molar-refractivity contribution is 0.102. The van der Waals surface area contributed by atoms with Gasteiger partial charge in [0.15, 0.2) is 0 Å². The first-order chi connectivity index (χ1) is 12.6. The van der Waals surface area contributed by atoms with Gasteiger partial charge in [-0.3, -0.25) is 4.79 Å². The normalized spacial score (nSPS) is 17.2. The second-order valence-corrected chi connectivity index (χ2v) is 8.55. The molecule has 26 heavy (non-hydrogen) atoms. The van der Waals surface area contributed by atoms with E-state index in [0.717, 1.165) is 31.5 Å². The van der Waals surface area contributed by atoms with Crippen LogP contribution in [0.4, 0.5) is 5.69 Å². The molecule has 1 fully saturated rings. The lowest BCUT2D eigenvalue weighted by Crippen LogP contribution is -2.29. The van der Waals surface area contributed by atoms with Crippen molar-refractivity contribution in [3.8, 4) is 0 Å². The van der Waals surface area contributed by atoms with Crippen LogP contribution in [0.1, 0.15) is 34.3 Å². The van der Waals surface area contributed by atoms with Crippen molar-refractivity contribution in [2.24, 2.45) is 0 Å². The summed E-state index contributed by atoms with van der Waals surface area (Å²) in [6.07, 6.45) is 1.74. The highest BCUT2D eigenvalue weighted by molar-refractivity contribution is 7.89. The van der Waals surface area contributed by atoms with Crippen LogP contribution < -0.4 is 10.6 Å². The standard InChI is InChI=1S/C19H21N3O3S/c23-19(14-7-8-15-12-20-13-16(15)11-14)21-17-5-1-2-6-18(17)26(24,25)22-9-3-4-10-22/h1-2,5-8,11,20H,3-4,9-10,12-13H2,(H,21,23). The molecule has 136 valence electrons. The fraction of sp³-hybridized carbons (Fsp3) is 0.316. The Labute approximate surface area is 153 Å². The van der Waals surface area contributed by atoms with Crippen LogP contribution in [0.25, 0.3) is 0 Å². The number of hydrogen-bond acceptors (Lipinski definition) is 4. The maximum Gasteiger partial charge on any atom is 0.255 e. The predicted octanol–water partition coefficient (Wildman–Crippen LogP) is 2.33. The fourth-order valence-electron chi connectivity index (χ4n) is 3.49. The molecule has 7 heteroatoms. The molecule has 2 aliphatic rings. The minimum Gasteiger partial charge on any atom is -0.321 e. The summed E-state index contributed by atoms with van der Waals surface area (Å²) in [6.45, 7) is 2.62. The summed E-state index contributed by atoms with van der Waals surface area (Å²) >= 11 is 0. The Balaban J connectivity index is 1.62. The van der Waals surface area contributed by atoms with E-state index in [9.17, 15) is 13.2 Å². The first kappa shape index (κ1) is 17.2. The van der Waals surface area contributed by atoms with Crippen molar-refractivity contribution < 1.29 is 13.2 Å². The zero-order valence-electron chi connectivity index (χ0n) is 14.4. The molecule has 0 bridgehead atoms. The lowest BCUT2D eigenvalue weighted by atomic mass is 10.1. The Hall–Kier alpha value is -2.22. The highest BCUT2D eigenvalue weighted by atomic mass is 32.2. The van der Waals surface area contributed by atoms with Crippen LogP contribution in [0.3, 0.4) is 0 Å². The molecule has 6 nitrogen and oxygen atoms in total. The van der Waals surface area contributed by atoms with Crippen LogP contribution in [0.15, 0.2) is 47.4 Å². The van der Waals surface area contributed by atoms with Crippen LogP contribution >= 0.6 is 0 Å². The summed E-state index contributed by atoms with van der Waals surface area (Å²) < 4.78 is 27.3. The van der Waals surface area contributed by atoms with Gasteiger partial charge in [0, 0.05) is 31.7 Å². The lowest BCUT2D eigenvalue weighted by Gasteiger charge is -2.18. The van der Waals surface area contributed by atoms with E-state index in [1.165, 1.54) is 9.87 Å². The number of hydrogen-bond donors (Lipinski definition) is 2. The summed E-state index contributed by atoms with van der Waals surface area (Å²) in [6, 6.07) is 12.2. The third kappa shape index (κ3) is 3.13. The van der Waals surface area contributed by atoms with E-state index >= 15 is 0 Å². The minimum atomic E-state index is -3.60. The van der Waals surface area contributed by atoms with Crippen molar-refractivity contribution in [1.29, 1.82) is 0 Å². The van der Waals surface area contributed by atoms with Gasteiger partial charge in [-0.1, -0.05) is 18.2 Å². The van der Waals surface area contributed by atoms with Crippen LogP contribution in [-0.2, 0) is 23.1 Å². The van der Waals surface area contributed by atoms with Gasteiger partial charge >= 0.3 is 0 Å². The number of para-hydroxylation sites is 1. The van der Waals surface area contributed by atoms with Crippen LogP contribution in [0, 0.1) is 0 Å². The van der Waals surface area contributed by atoms with Gasteiger partial charge in [-0.25, -0.2) is 8.42 Å². The molecule has 1 saturated heterocycles. The van der Waals surface area contributed by atoms with E-state index in [1.54, 1.807) is 30.3 Å². The summed E-state index contributed by atoms with van der Waals surface area (Å²) in [5, 5.41) is 6.03. The topological polar surface area (TPSA) is 78.5 Å². The Bertz CT molecular complexity index is 950. The summed E-state index contributed by atoms with van der Waals surface area (Å²) in [7, 11) is -3.60. The van der Waals surface area contributed by atoms with Crippen LogP contribution in [0.2, 0.25) is 0 Å². The highest BCUT2D eigenvalue weighted by Gasteiger charge is 2.29. The van der Waals surface area contributed by atoms with Crippen molar-refractivity contribution in [3.63, 3.8) is 0 Å². The van der Waals surface area contributed by atoms with Crippen molar-refractivity contribution in [2.75, 3.05) is 18.4 Å². The number of fused-ring (bicyclic) bond motifs is 1. The molecular formula is C19H21N3O3S. The van der Waals surface area contributed by atoms with Gasteiger partial charge < -0.3 is 10.6 Å². The molecule has 0 unspecified atom stereocenters. The first-order valence-electron chi connectivity index (χ1n) is 8.79. The number of carbonyl (C=O) groups is 1. The van der Waals surface area contributed by atoms with E-state index in [1.807, 2.05) is 12.1 Å². The van der Waals surface area contributed by atoms with Crippen LogP contribution in [0.5, 0.6) is 0 Å². The van der Waals surface area contributed by atoms with Gasteiger partial charge in [0.25, 0.3) is 5.91 Å². The second-order valence-electron chi connectivity index (χ2n) is 6.65. The number of benzene rings is 2. The van der Waals surface area contributed by atoms with Gasteiger partial charge in [0.2, 0.25) is 10.0 Å². The van der Waals surface area contributed by atoms with Crippen molar-refractivity contribution in [3.05, 3.63) is 59.2 Å². The molecule has 2 aromatic carbocycles. The van der Waals surface area contributed by atoms with E-state index < -0.39 is 10.0 Å². The number of nitrogens with one attached hydrogen (secondary N) is 2. The van der Waals surface area contributed by atoms with Gasteiger partial charge in [-0.15, -0.1) is 0 Å². The van der Waals surface area contributed by atoms with Crippen molar-refractivity contribution in [1.82, 2.24) is 9.62 Å². The third-order valence-corrected chi connectivity index (χ3v) is 6.87. The molecule has 0 aliphatic carbocycles. The maximum absolute atomic E-state index is 12.9. The summed E-state index contributed by atoms with van der Waals surface area (Å²) in [5.74, 6) is -0.302. The quantitative estimate of drug-likeness (QED) is 0.865. The highest BCUT2D eigenvalue weighted by Crippen LogP contribution is 2.27. The largest absolute Gasteiger partial charge is 0.321 e.